The van der Waals surface area contributed by atoms with Crippen LogP contribution >= 0.6 is 0 Å². The molecule has 0 N–H and O–H groups in total. The number of ether oxygens (including phenoxy) is 2. The summed E-state index contributed by atoms with van der Waals surface area (Å²) >= 11 is 0. The number of hydrogen-bond donors (Lipinski definition) is 0. The van der Waals surface area contributed by atoms with Crippen LogP contribution in [0.5, 0.6) is 17.2 Å². The van der Waals surface area contributed by atoms with Crippen LogP contribution in [0.2, 0.25) is 0 Å². The maximum atomic E-state index is 11.0. The molecule has 0 atom stereocenters. The van der Waals surface area contributed by atoms with Gasteiger partial charge in [-0.3, -0.25) is 10.1 Å². The van der Waals surface area contributed by atoms with Gasteiger partial charge >= 0.3 is 5.69 Å². The van der Waals surface area contributed by atoms with E-state index in [0.717, 1.165) is 0 Å². The Balaban J connectivity index is 2.25. The SMILES string of the molecule is C=CCOc1ccc(Oc2ccccc2)cc1[N+](=O)[O-]. The fraction of sp³-hybridized carbons (Fsp3) is 0.0667. The van der Waals surface area contributed by atoms with Gasteiger partial charge in [-0.05, 0) is 24.3 Å². The molecule has 0 bridgehead atoms. The lowest BCUT2D eigenvalue weighted by Crippen LogP contribution is -1.98. The van der Waals surface area contributed by atoms with E-state index in [1.54, 1.807) is 18.2 Å². The quantitative estimate of drug-likeness (QED) is 0.453. The van der Waals surface area contributed by atoms with Gasteiger partial charge in [-0.15, -0.1) is 0 Å². The summed E-state index contributed by atoms with van der Waals surface area (Å²) < 4.78 is 10.8. The molecule has 2 aromatic carbocycles. The van der Waals surface area contributed by atoms with Gasteiger partial charge in [-0.1, -0.05) is 30.9 Å². The minimum Gasteiger partial charge on any atom is -0.483 e. The molecule has 102 valence electrons. The van der Waals surface area contributed by atoms with Crippen LogP contribution in [-0.4, -0.2) is 11.5 Å². The van der Waals surface area contributed by atoms with Crippen molar-refractivity contribution in [1.82, 2.24) is 0 Å². The van der Waals surface area contributed by atoms with Gasteiger partial charge in [0.1, 0.15) is 18.1 Å². The summed E-state index contributed by atoms with van der Waals surface area (Å²) in [5.74, 6) is 1.19. The van der Waals surface area contributed by atoms with Crippen molar-refractivity contribution >= 4 is 5.69 Å². The largest absolute Gasteiger partial charge is 0.483 e. The Hall–Kier alpha value is -2.82. The van der Waals surface area contributed by atoms with Crippen molar-refractivity contribution in [3.8, 4) is 17.2 Å². The summed E-state index contributed by atoms with van der Waals surface area (Å²) in [6.07, 6.45) is 1.53. The third kappa shape index (κ3) is 3.35. The molecule has 0 saturated carbocycles. The van der Waals surface area contributed by atoms with Crippen molar-refractivity contribution in [3.63, 3.8) is 0 Å². The number of nitro benzene ring substituents is 1. The van der Waals surface area contributed by atoms with Gasteiger partial charge in [0.15, 0.2) is 5.75 Å². The zero-order valence-electron chi connectivity index (χ0n) is 10.7. The summed E-state index contributed by atoms with van der Waals surface area (Å²) in [4.78, 5) is 10.5. The van der Waals surface area contributed by atoms with Crippen LogP contribution in [0, 0.1) is 10.1 Å². The van der Waals surface area contributed by atoms with Gasteiger partial charge < -0.3 is 9.47 Å². The molecule has 5 heteroatoms. The second-order valence-electron chi connectivity index (χ2n) is 3.90. The summed E-state index contributed by atoms with van der Waals surface area (Å²) in [6, 6.07) is 13.5. The Kier molecular flexibility index (Phi) is 4.34. The first kappa shape index (κ1) is 13.6. The molecule has 0 radical (unpaired) electrons. The lowest BCUT2D eigenvalue weighted by molar-refractivity contribution is -0.385. The molecule has 0 aromatic heterocycles. The Morgan fingerprint density at radius 3 is 2.55 bits per heavy atom. The molecule has 0 saturated heterocycles. The van der Waals surface area contributed by atoms with E-state index in [-0.39, 0.29) is 18.0 Å². The van der Waals surface area contributed by atoms with Crippen molar-refractivity contribution in [1.29, 1.82) is 0 Å². The molecular formula is C15H13NO4. The molecule has 0 aliphatic rings. The van der Waals surface area contributed by atoms with Gasteiger partial charge in [-0.25, -0.2) is 0 Å². The first-order valence-corrected chi connectivity index (χ1v) is 5.96. The topological polar surface area (TPSA) is 61.6 Å². The molecule has 2 aromatic rings. The minimum atomic E-state index is -0.504. The molecule has 0 spiro atoms. The van der Waals surface area contributed by atoms with Gasteiger partial charge in [0.25, 0.3) is 0 Å². The van der Waals surface area contributed by atoms with Gasteiger partial charge in [0.05, 0.1) is 11.0 Å². The maximum absolute atomic E-state index is 11.0. The molecule has 0 fully saturated rings. The van der Waals surface area contributed by atoms with Crippen molar-refractivity contribution in [3.05, 3.63) is 71.3 Å². The van der Waals surface area contributed by atoms with E-state index in [4.69, 9.17) is 9.47 Å². The van der Waals surface area contributed by atoms with E-state index >= 15 is 0 Å². The van der Waals surface area contributed by atoms with Crippen molar-refractivity contribution in [2.45, 2.75) is 0 Å². The highest BCUT2D eigenvalue weighted by molar-refractivity contribution is 5.51. The minimum absolute atomic E-state index is 0.139. The van der Waals surface area contributed by atoms with Crippen LogP contribution in [0.4, 0.5) is 5.69 Å². The molecular weight excluding hydrogens is 258 g/mol. The number of hydrogen-bond acceptors (Lipinski definition) is 4. The molecule has 2 rings (SSSR count). The number of nitrogens with zero attached hydrogens (tertiary/aromatic N) is 1. The zero-order chi connectivity index (χ0) is 14.4. The normalized spacial score (nSPS) is 9.80. The monoisotopic (exact) mass is 271 g/mol. The van der Waals surface area contributed by atoms with Crippen LogP contribution in [0.1, 0.15) is 0 Å². The summed E-state index contributed by atoms with van der Waals surface area (Å²) in [7, 11) is 0. The van der Waals surface area contributed by atoms with Gasteiger partial charge in [0, 0.05) is 0 Å². The zero-order valence-corrected chi connectivity index (χ0v) is 10.7. The Bertz CT molecular complexity index is 611. The van der Waals surface area contributed by atoms with E-state index in [9.17, 15) is 10.1 Å². The van der Waals surface area contributed by atoms with E-state index < -0.39 is 4.92 Å². The van der Waals surface area contributed by atoms with Crippen LogP contribution in [0.15, 0.2) is 61.2 Å². The third-order valence-electron chi connectivity index (χ3n) is 2.46. The summed E-state index contributed by atoms with van der Waals surface area (Å²) in [6.45, 7) is 3.71. The number of rotatable bonds is 6. The first-order valence-electron chi connectivity index (χ1n) is 5.96. The fourth-order valence-corrected chi connectivity index (χ4v) is 1.60. The number of benzene rings is 2. The molecule has 0 amide bonds. The smallest absolute Gasteiger partial charge is 0.314 e. The lowest BCUT2D eigenvalue weighted by Gasteiger charge is -2.08. The fourth-order valence-electron chi connectivity index (χ4n) is 1.60. The Morgan fingerprint density at radius 2 is 1.90 bits per heavy atom. The Labute approximate surface area is 116 Å². The highest BCUT2D eigenvalue weighted by Crippen LogP contribution is 2.33. The molecule has 20 heavy (non-hydrogen) atoms. The number of nitro groups is 1. The van der Waals surface area contributed by atoms with Crippen LogP contribution < -0.4 is 9.47 Å². The van der Waals surface area contributed by atoms with Crippen LogP contribution in [0.25, 0.3) is 0 Å². The molecule has 0 aliphatic heterocycles. The van der Waals surface area contributed by atoms with Crippen LogP contribution in [-0.2, 0) is 0 Å². The third-order valence-corrected chi connectivity index (χ3v) is 2.46. The van der Waals surface area contributed by atoms with Crippen molar-refractivity contribution in [2.24, 2.45) is 0 Å². The second kappa shape index (κ2) is 6.38. The predicted octanol–water partition coefficient (Wildman–Crippen LogP) is 3.95. The van der Waals surface area contributed by atoms with Gasteiger partial charge in [0.2, 0.25) is 0 Å². The van der Waals surface area contributed by atoms with E-state index in [2.05, 4.69) is 6.58 Å². The maximum Gasteiger partial charge on any atom is 0.314 e. The van der Waals surface area contributed by atoms with Crippen LogP contribution in [0.3, 0.4) is 0 Å². The van der Waals surface area contributed by atoms with Crippen molar-refractivity contribution < 1.29 is 14.4 Å². The second-order valence-corrected chi connectivity index (χ2v) is 3.90. The highest BCUT2D eigenvalue weighted by atomic mass is 16.6. The Morgan fingerprint density at radius 1 is 1.15 bits per heavy atom. The van der Waals surface area contributed by atoms with Crippen molar-refractivity contribution in [2.75, 3.05) is 6.61 Å². The van der Waals surface area contributed by atoms with Gasteiger partial charge in [-0.2, -0.15) is 0 Å². The standard InChI is InChI=1S/C15H13NO4/c1-2-10-19-15-9-8-13(11-14(15)16(17)18)20-12-6-4-3-5-7-12/h2-9,11H,1,10H2. The van der Waals surface area contributed by atoms with E-state index in [1.165, 1.54) is 18.2 Å². The molecule has 0 heterocycles. The average Bonchev–Trinajstić information content (AvgIpc) is 2.47. The first-order chi connectivity index (χ1) is 9.70. The number of para-hydroxylation sites is 1. The highest BCUT2D eigenvalue weighted by Gasteiger charge is 2.16. The van der Waals surface area contributed by atoms with E-state index in [1.807, 2.05) is 18.2 Å². The lowest BCUT2D eigenvalue weighted by atomic mass is 10.2. The molecule has 0 unspecified atom stereocenters. The molecule has 0 aliphatic carbocycles. The summed E-state index contributed by atoms with van der Waals surface area (Å²) in [5.41, 5.74) is -0.139. The average molecular weight is 271 g/mol. The summed E-state index contributed by atoms with van der Waals surface area (Å²) in [5, 5.41) is 11.0. The van der Waals surface area contributed by atoms with E-state index in [0.29, 0.717) is 11.5 Å². The predicted molar refractivity (Wildman–Crippen MR) is 75.3 cm³/mol. The molecule has 5 nitrogen and oxygen atoms in total.